The Morgan fingerprint density at radius 3 is 2.85 bits per heavy atom. The molecule has 1 aromatic carbocycles. The highest BCUT2D eigenvalue weighted by Crippen LogP contribution is 2.25. The van der Waals surface area contributed by atoms with Gasteiger partial charge in [0.1, 0.15) is 11.3 Å². The standard InChI is InChI=1S/C26H26N6O2/c27-19-6-3-12-31(15-19)26-29-22-10-13-30(17-23-21-8-2-1-5-18(21)9-11-28-23)25(33)24(22)32(26)16-20-7-4-14-34-20/h1-2,4-5,7-11,13-14,19H,3,6,12,15-17,27H2. The third-order valence-corrected chi connectivity index (χ3v) is 6.56. The predicted molar refractivity (Wildman–Crippen MR) is 132 cm³/mol. The van der Waals surface area contributed by atoms with Crippen molar-refractivity contribution in [2.24, 2.45) is 5.73 Å². The predicted octanol–water partition coefficient (Wildman–Crippen LogP) is 3.36. The molecule has 1 aliphatic rings. The SMILES string of the molecule is NC1CCCN(c2nc3ccn(Cc4nccc5ccccc45)c(=O)c3n2Cc2ccco2)C1. The molecular formula is C26H26N6O2. The van der Waals surface area contributed by atoms with Crippen LogP contribution >= 0.6 is 0 Å². The molecule has 8 nitrogen and oxygen atoms in total. The quantitative estimate of drug-likeness (QED) is 0.438. The maximum atomic E-state index is 13.8. The first-order valence-corrected chi connectivity index (χ1v) is 11.6. The van der Waals surface area contributed by atoms with Gasteiger partial charge in [-0.1, -0.05) is 24.3 Å². The van der Waals surface area contributed by atoms with Gasteiger partial charge in [0.15, 0.2) is 0 Å². The maximum Gasteiger partial charge on any atom is 0.277 e. The van der Waals surface area contributed by atoms with Crippen molar-refractivity contribution in [2.75, 3.05) is 18.0 Å². The second-order valence-electron chi connectivity index (χ2n) is 8.89. The van der Waals surface area contributed by atoms with Crippen LogP contribution in [0.15, 0.2) is 76.4 Å². The number of imidazole rings is 1. The minimum Gasteiger partial charge on any atom is -0.467 e. The number of pyridine rings is 2. The summed E-state index contributed by atoms with van der Waals surface area (Å²) in [7, 11) is 0. The molecule has 1 unspecified atom stereocenters. The molecule has 0 saturated carbocycles. The van der Waals surface area contributed by atoms with E-state index in [2.05, 4.69) is 16.0 Å². The van der Waals surface area contributed by atoms with E-state index in [1.165, 1.54) is 0 Å². The smallest absolute Gasteiger partial charge is 0.277 e. The first-order valence-electron chi connectivity index (χ1n) is 11.6. The fourth-order valence-electron chi connectivity index (χ4n) is 4.90. The van der Waals surface area contributed by atoms with Gasteiger partial charge in [-0.05, 0) is 42.5 Å². The number of aromatic nitrogens is 4. The number of hydrogen-bond acceptors (Lipinski definition) is 6. The zero-order valence-corrected chi connectivity index (χ0v) is 18.8. The van der Waals surface area contributed by atoms with E-state index in [4.69, 9.17) is 15.1 Å². The second-order valence-corrected chi connectivity index (χ2v) is 8.89. The molecule has 4 aromatic heterocycles. The summed E-state index contributed by atoms with van der Waals surface area (Å²) in [5, 5.41) is 2.15. The van der Waals surface area contributed by atoms with Gasteiger partial charge in [-0.15, -0.1) is 0 Å². The van der Waals surface area contributed by atoms with Crippen molar-refractivity contribution >= 4 is 27.8 Å². The summed E-state index contributed by atoms with van der Waals surface area (Å²) < 4.78 is 9.31. The van der Waals surface area contributed by atoms with Crippen LogP contribution in [0.2, 0.25) is 0 Å². The lowest BCUT2D eigenvalue weighted by Gasteiger charge is -2.31. The van der Waals surface area contributed by atoms with Crippen LogP contribution in [0, 0.1) is 0 Å². The molecule has 5 heterocycles. The molecule has 0 aliphatic carbocycles. The summed E-state index contributed by atoms with van der Waals surface area (Å²) in [5.74, 6) is 1.53. The van der Waals surface area contributed by atoms with Crippen molar-refractivity contribution in [3.05, 3.63) is 89.0 Å². The molecule has 1 atom stereocenters. The Morgan fingerprint density at radius 2 is 2.00 bits per heavy atom. The fraction of sp³-hybridized carbons (Fsp3) is 0.269. The number of rotatable bonds is 5. The lowest BCUT2D eigenvalue weighted by Crippen LogP contribution is -2.44. The van der Waals surface area contributed by atoms with Gasteiger partial charge >= 0.3 is 0 Å². The van der Waals surface area contributed by atoms with Crippen LogP contribution in [0.25, 0.3) is 21.8 Å². The monoisotopic (exact) mass is 454 g/mol. The largest absolute Gasteiger partial charge is 0.467 e. The Kier molecular flexibility index (Phi) is 5.15. The number of piperidine rings is 1. The first kappa shape index (κ1) is 20.7. The van der Waals surface area contributed by atoms with E-state index >= 15 is 0 Å². The Morgan fingerprint density at radius 1 is 1.09 bits per heavy atom. The minimum atomic E-state index is -0.0983. The van der Waals surface area contributed by atoms with Crippen molar-refractivity contribution < 1.29 is 4.42 Å². The molecule has 2 N–H and O–H groups in total. The van der Waals surface area contributed by atoms with E-state index < -0.39 is 0 Å². The number of fused-ring (bicyclic) bond motifs is 2. The highest BCUT2D eigenvalue weighted by molar-refractivity contribution is 5.84. The molecule has 34 heavy (non-hydrogen) atoms. The van der Waals surface area contributed by atoms with Gasteiger partial charge < -0.3 is 19.6 Å². The van der Waals surface area contributed by atoms with Crippen LogP contribution in [0.4, 0.5) is 5.95 Å². The van der Waals surface area contributed by atoms with Crippen molar-refractivity contribution in [3.63, 3.8) is 0 Å². The van der Waals surface area contributed by atoms with Crippen LogP contribution < -0.4 is 16.2 Å². The highest BCUT2D eigenvalue weighted by Gasteiger charge is 2.25. The summed E-state index contributed by atoms with van der Waals surface area (Å²) in [5.41, 5.74) is 8.26. The molecule has 0 bridgehead atoms. The van der Waals surface area contributed by atoms with Gasteiger partial charge in [-0.25, -0.2) is 4.98 Å². The zero-order valence-electron chi connectivity index (χ0n) is 18.8. The number of nitrogens with zero attached hydrogens (tertiary/aromatic N) is 5. The van der Waals surface area contributed by atoms with E-state index in [1.54, 1.807) is 17.0 Å². The number of nitrogens with two attached hydrogens (primary N) is 1. The van der Waals surface area contributed by atoms with Crippen molar-refractivity contribution in [2.45, 2.75) is 32.0 Å². The number of anilines is 1. The topological polar surface area (TPSA) is 95.1 Å². The Bertz CT molecular complexity index is 1510. The third kappa shape index (κ3) is 3.66. The van der Waals surface area contributed by atoms with Crippen LogP contribution in [-0.2, 0) is 13.1 Å². The van der Waals surface area contributed by atoms with Gasteiger partial charge in [-0.2, -0.15) is 0 Å². The third-order valence-electron chi connectivity index (χ3n) is 6.56. The summed E-state index contributed by atoms with van der Waals surface area (Å²) in [6.45, 7) is 2.39. The molecule has 0 amide bonds. The summed E-state index contributed by atoms with van der Waals surface area (Å²) in [4.78, 5) is 25.4. The van der Waals surface area contributed by atoms with Crippen molar-refractivity contribution in [3.8, 4) is 0 Å². The fourth-order valence-corrected chi connectivity index (χ4v) is 4.90. The van der Waals surface area contributed by atoms with Crippen LogP contribution in [0.1, 0.15) is 24.3 Å². The van der Waals surface area contributed by atoms with E-state index in [9.17, 15) is 4.79 Å². The lowest BCUT2D eigenvalue weighted by molar-refractivity contribution is 0.478. The molecule has 6 rings (SSSR count). The lowest BCUT2D eigenvalue weighted by atomic mass is 10.1. The molecule has 8 heteroatoms. The van der Waals surface area contributed by atoms with E-state index in [0.717, 1.165) is 54.1 Å². The van der Waals surface area contributed by atoms with Gasteiger partial charge in [0, 0.05) is 36.9 Å². The Balaban J connectivity index is 1.48. The van der Waals surface area contributed by atoms with Crippen molar-refractivity contribution in [1.29, 1.82) is 0 Å². The summed E-state index contributed by atoms with van der Waals surface area (Å²) in [6, 6.07) is 15.9. The number of furan rings is 1. The normalized spacial score (nSPS) is 16.5. The molecule has 5 aromatic rings. The number of benzene rings is 1. The maximum absolute atomic E-state index is 13.8. The van der Waals surface area contributed by atoms with Crippen molar-refractivity contribution in [1.82, 2.24) is 19.1 Å². The Hall–Kier alpha value is -3.91. The van der Waals surface area contributed by atoms with Crippen LogP contribution in [0.5, 0.6) is 0 Å². The Labute approximate surface area is 196 Å². The average Bonchev–Trinajstić information content (AvgIpc) is 3.50. The molecule has 1 fully saturated rings. The summed E-state index contributed by atoms with van der Waals surface area (Å²) in [6.07, 6.45) is 7.25. The molecule has 1 aliphatic heterocycles. The highest BCUT2D eigenvalue weighted by atomic mass is 16.3. The van der Waals surface area contributed by atoms with Gasteiger partial charge in [0.2, 0.25) is 5.95 Å². The number of hydrogen-bond donors (Lipinski definition) is 1. The van der Waals surface area contributed by atoms with E-state index in [0.29, 0.717) is 24.1 Å². The van der Waals surface area contributed by atoms with Crippen LogP contribution in [-0.4, -0.2) is 38.2 Å². The second kappa shape index (κ2) is 8.46. The van der Waals surface area contributed by atoms with Gasteiger partial charge in [-0.3, -0.25) is 14.3 Å². The average molecular weight is 455 g/mol. The van der Waals surface area contributed by atoms with Gasteiger partial charge in [0.25, 0.3) is 5.56 Å². The molecular weight excluding hydrogens is 428 g/mol. The van der Waals surface area contributed by atoms with Gasteiger partial charge in [0.05, 0.1) is 30.6 Å². The molecule has 172 valence electrons. The summed E-state index contributed by atoms with van der Waals surface area (Å²) >= 11 is 0. The van der Waals surface area contributed by atoms with E-state index in [1.807, 2.05) is 53.2 Å². The van der Waals surface area contributed by atoms with E-state index in [-0.39, 0.29) is 11.6 Å². The molecule has 0 spiro atoms. The first-order chi connectivity index (χ1) is 16.7. The zero-order chi connectivity index (χ0) is 23.1. The minimum absolute atomic E-state index is 0.0970. The molecule has 0 radical (unpaired) electrons. The molecule has 1 saturated heterocycles. The van der Waals surface area contributed by atoms with Crippen LogP contribution in [0.3, 0.4) is 0 Å².